The summed E-state index contributed by atoms with van der Waals surface area (Å²) in [6.07, 6.45) is -1.67. The standard InChI is InChI=1S/C10H9F3O/c11-9-4-3-8(10(12)13)6-7(9)2-1-5-14/h3-6,10H,1-2H2. The lowest BCUT2D eigenvalue weighted by Crippen LogP contribution is -1.94. The number of carbonyl (C=O) groups excluding carboxylic acids is 1. The van der Waals surface area contributed by atoms with Crippen molar-refractivity contribution in [3.8, 4) is 0 Å². The van der Waals surface area contributed by atoms with Crippen LogP contribution in [-0.4, -0.2) is 6.29 Å². The molecule has 0 aliphatic carbocycles. The molecule has 14 heavy (non-hydrogen) atoms. The zero-order valence-corrected chi connectivity index (χ0v) is 7.34. The van der Waals surface area contributed by atoms with Crippen molar-refractivity contribution in [1.82, 2.24) is 0 Å². The summed E-state index contributed by atoms with van der Waals surface area (Å²) in [7, 11) is 0. The van der Waals surface area contributed by atoms with Gasteiger partial charge in [-0.3, -0.25) is 0 Å². The van der Waals surface area contributed by atoms with Crippen molar-refractivity contribution in [3.63, 3.8) is 0 Å². The summed E-state index contributed by atoms with van der Waals surface area (Å²) >= 11 is 0. The van der Waals surface area contributed by atoms with Gasteiger partial charge in [0.05, 0.1) is 0 Å². The van der Waals surface area contributed by atoms with Gasteiger partial charge in [0.15, 0.2) is 0 Å². The molecule has 0 amide bonds. The van der Waals surface area contributed by atoms with E-state index in [2.05, 4.69) is 0 Å². The molecule has 4 heteroatoms. The lowest BCUT2D eigenvalue weighted by molar-refractivity contribution is -0.107. The average molecular weight is 202 g/mol. The fourth-order valence-corrected chi connectivity index (χ4v) is 1.14. The fraction of sp³-hybridized carbons (Fsp3) is 0.300. The summed E-state index contributed by atoms with van der Waals surface area (Å²) in [4.78, 5) is 10.0. The Morgan fingerprint density at radius 2 is 2.07 bits per heavy atom. The van der Waals surface area contributed by atoms with Crippen LogP contribution < -0.4 is 0 Å². The van der Waals surface area contributed by atoms with Crippen LogP contribution in [0, 0.1) is 5.82 Å². The maximum atomic E-state index is 13.0. The van der Waals surface area contributed by atoms with Crippen LogP contribution in [0.5, 0.6) is 0 Å². The summed E-state index contributed by atoms with van der Waals surface area (Å²) in [6.45, 7) is 0. The Kier molecular flexibility index (Phi) is 3.68. The SMILES string of the molecule is O=CCCc1cc(C(F)F)ccc1F. The highest BCUT2D eigenvalue weighted by Crippen LogP contribution is 2.21. The molecular weight excluding hydrogens is 193 g/mol. The molecule has 0 N–H and O–H groups in total. The van der Waals surface area contributed by atoms with Crippen molar-refractivity contribution in [2.24, 2.45) is 0 Å². The number of benzene rings is 1. The van der Waals surface area contributed by atoms with Crippen LogP contribution in [0.25, 0.3) is 0 Å². The quantitative estimate of drug-likeness (QED) is 0.686. The molecule has 1 aromatic carbocycles. The van der Waals surface area contributed by atoms with Crippen molar-refractivity contribution >= 4 is 6.29 Å². The molecule has 0 spiro atoms. The number of aryl methyl sites for hydroxylation is 1. The Labute approximate surface area is 79.5 Å². The van der Waals surface area contributed by atoms with Crippen LogP contribution in [0.1, 0.15) is 24.0 Å². The maximum absolute atomic E-state index is 13.0. The van der Waals surface area contributed by atoms with Gasteiger partial charge in [0, 0.05) is 12.0 Å². The van der Waals surface area contributed by atoms with Crippen molar-refractivity contribution < 1.29 is 18.0 Å². The summed E-state index contributed by atoms with van der Waals surface area (Å²) in [5.41, 5.74) is -0.0535. The van der Waals surface area contributed by atoms with E-state index in [4.69, 9.17) is 0 Å². The highest BCUT2D eigenvalue weighted by Gasteiger charge is 2.10. The van der Waals surface area contributed by atoms with Crippen LogP contribution in [-0.2, 0) is 11.2 Å². The predicted octanol–water partition coefficient (Wildman–Crippen LogP) is 2.89. The number of hydrogen-bond acceptors (Lipinski definition) is 1. The first kappa shape index (κ1) is 10.8. The molecule has 0 saturated carbocycles. The second-order valence-electron chi connectivity index (χ2n) is 2.86. The monoisotopic (exact) mass is 202 g/mol. The summed E-state index contributed by atoms with van der Waals surface area (Å²) in [5.74, 6) is -0.545. The number of hydrogen-bond donors (Lipinski definition) is 0. The van der Waals surface area contributed by atoms with Gasteiger partial charge < -0.3 is 4.79 Å². The van der Waals surface area contributed by atoms with E-state index in [9.17, 15) is 18.0 Å². The van der Waals surface area contributed by atoms with Crippen LogP contribution in [0.2, 0.25) is 0 Å². The first-order valence-electron chi connectivity index (χ1n) is 4.15. The highest BCUT2D eigenvalue weighted by atomic mass is 19.3. The van der Waals surface area contributed by atoms with E-state index in [0.717, 1.165) is 18.2 Å². The van der Waals surface area contributed by atoms with E-state index >= 15 is 0 Å². The van der Waals surface area contributed by atoms with Gasteiger partial charge in [-0.15, -0.1) is 0 Å². The zero-order valence-electron chi connectivity index (χ0n) is 7.34. The lowest BCUT2D eigenvalue weighted by Gasteiger charge is -2.04. The molecule has 0 saturated heterocycles. The maximum Gasteiger partial charge on any atom is 0.263 e. The average Bonchev–Trinajstić information content (AvgIpc) is 2.16. The molecule has 1 aromatic rings. The van der Waals surface area contributed by atoms with Gasteiger partial charge >= 0.3 is 0 Å². The van der Waals surface area contributed by atoms with E-state index in [1.807, 2.05) is 0 Å². The molecule has 0 atom stereocenters. The van der Waals surface area contributed by atoms with Gasteiger partial charge in [0.25, 0.3) is 6.43 Å². The van der Waals surface area contributed by atoms with E-state index < -0.39 is 12.2 Å². The molecule has 0 radical (unpaired) electrons. The minimum atomic E-state index is -2.61. The number of carbonyl (C=O) groups is 1. The molecule has 0 aliphatic heterocycles. The topological polar surface area (TPSA) is 17.1 Å². The number of alkyl halides is 2. The van der Waals surface area contributed by atoms with E-state index in [-0.39, 0.29) is 24.0 Å². The van der Waals surface area contributed by atoms with Gasteiger partial charge in [-0.25, -0.2) is 13.2 Å². The Morgan fingerprint density at radius 1 is 1.36 bits per heavy atom. The fourth-order valence-electron chi connectivity index (χ4n) is 1.14. The first-order valence-corrected chi connectivity index (χ1v) is 4.15. The molecular formula is C10H9F3O. The molecule has 0 bridgehead atoms. The molecule has 0 aromatic heterocycles. The normalized spacial score (nSPS) is 10.6. The summed E-state index contributed by atoms with van der Waals surface area (Å²) in [5, 5.41) is 0. The molecule has 0 unspecified atom stereocenters. The van der Waals surface area contributed by atoms with Crippen molar-refractivity contribution in [3.05, 3.63) is 35.1 Å². The van der Waals surface area contributed by atoms with Crippen LogP contribution in [0.3, 0.4) is 0 Å². The summed E-state index contributed by atoms with van der Waals surface area (Å²) < 4.78 is 37.4. The second-order valence-corrected chi connectivity index (χ2v) is 2.86. The van der Waals surface area contributed by atoms with Gasteiger partial charge in [-0.1, -0.05) is 6.07 Å². The van der Waals surface area contributed by atoms with Gasteiger partial charge in [0.2, 0.25) is 0 Å². The third-order valence-electron chi connectivity index (χ3n) is 1.85. The van der Waals surface area contributed by atoms with Crippen molar-refractivity contribution in [1.29, 1.82) is 0 Å². The molecule has 0 fully saturated rings. The minimum Gasteiger partial charge on any atom is -0.303 e. The lowest BCUT2D eigenvalue weighted by atomic mass is 10.1. The van der Waals surface area contributed by atoms with E-state index in [1.54, 1.807) is 0 Å². The number of rotatable bonds is 4. The largest absolute Gasteiger partial charge is 0.303 e. The van der Waals surface area contributed by atoms with Gasteiger partial charge in [-0.05, 0) is 24.1 Å². The van der Waals surface area contributed by atoms with E-state index in [0.29, 0.717) is 6.29 Å². The van der Waals surface area contributed by atoms with Gasteiger partial charge in [-0.2, -0.15) is 0 Å². The second kappa shape index (κ2) is 4.79. The Balaban J connectivity index is 2.90. The first-order chi connectivity index (χ1) is 6.65. The molecule has 0 heterocycles. The third-order valence-corrected chi connectivity index (χ3v) is 1.85. The van der Waals surface area contributed by atoms with E-state index in [1.165, 1.54) is 0 Å². The van der Waals surface area contributed by atoms with Crippen molar-refractivity contribution in [2.75, 3.05) is 0 Å². The Hall–Kier alpha value is -1.32. The predicted molar refractivity (Wildman–Crippen MR) is 45.7 cm³/mol. The smallest absolute Gasteiger partial charge is 0.263 e. The Morgan fingerprint density at radius 3 is 2.64 bits per heavy atom. The van der Waals surface area contributed by atoms with Gasteiger partial charge in [0.1, 0.15) is 12.1 Å². The minimum absolute atomic E-state index is 0.142. The van der Waals surface area contributed by atoms with Crippen LogP contribution >= 0.6 is 0 Å². The summed E-state index contributed by atoms with van der Waals surface area (Å²) in [6, 6.07) is 3.15. The third kappa shape index (κ3) is 2.58. The molecule has 76 valence electrons. The Bertz CT molecular complexity index is 323. The number of halogens is 3. The highest BCUT2D eigenvalue weighted by molar-refractivity contribution is 5.50. The molecule has 1 nitrogen and oxygen atoms in total. The number of aldehydes is 1. The molecule has 0 aliphatic rings. The van der Waals surface area contributed by atoms with Crippen LogP contribution in [0.4, 0.5) is 13.2 Å². The van der Waals surface area contributed by atoms with Crippen molar-refractivity contribution in [2.45, 2.75) is 19.3 Å². The zero-order chi connectivity index (χ0) is 10.6. The molecule has 1 rings (SSSR count). The van der Waals surface area contributed by atoms with Crippen LogP contribution in [0.15, 0.2) is 18.2 Å².